The predicted octanol–water partition coefficient (Wildman–Crippen LogP) is 1.47. The van der Waals surface area contributed by atoms with Crippen LogP contribution in [0.2, 0.25) is 0 Å². The van der Waals surface area contributed by atoms with Crippen molar-refractivity contribution in [3.63, 3.8) is 0 Å². The molecule has 0 spiro atoms. The highest BCUT2D eigenvalue weighted by Gasteiger charge is 2.17. The Morgan fingerprint density at radius 2 is 2.00 bits per heavy atom. The lowest BCUT2D eigenvalue weighted by Crippen LogP contribution is -2.23. The molecule has 0 N–H and O–H groups in total. The van der Waals surface area contributed by atoms with Gasteiger partial charge in [-0.3, -0.25) is 4.79 Å². The largest absolute Gasteiger partial charge is 0.303 e. The van der Waals surface area contributed by atoms with Crippen molar-refractivity contribution >= 4 is 5.78 Å². The molecule has 0 bridgehead atoms. The first kappa shape index (κ1) is 10.2. The Hall–Kier alpha value is -1.91. The predicted molar refractivity (Wildman–Crippen MR) is 48.3 cm³/mol. The van der Waals surface area contributed by atoms with Crippen molar-refractivity contribution < 1.29 is 14.7 Å². The van der Waals surface area contributed by atoms with Crippen LogP contribution in [0, 0.1) is 10.1 Å². The minimum atomic E-state index is -1.06. The molecule has 1 aromatic rings. The third-order valence-corrected chi connectivity index (χ3v) is 1.67. The zero-order chi connectivity index (χ0) is 10.6. The molecule has 0 unspecified atom stereocenters. The van der Waals surface area contributed by atoms with E-state index >= 15 is 0 Å². The van der Waals surface area contributed by atoms with E-state index in [4.69, 9.17) is 0 Å². The van der Waals surface area contributed by atoms with Gasteiger partial charge in [-0.1, -0.05) is 30.3 Å². The van der Waals surface area contributed by atoms with Gasteiger partial charge in [-0.25, -0.2) is 0 Å². The number of ketones is 1. The fourth-order valence-corrected chi connectivity index (χ4v) is 1.01. The molecule has 1 atom stereocenters. The first-order valence-corrected chi connectivity index (χ1v) is 4.01. The highest BCUT2D eigenvalue weighted by Crippen LogP contribution is 2.05. The second-order valence-electron chi connectivity index (χ2n) is 2.70. The molecule has 5 heteroatoms. The Labute approximate surface area is 80.4 Å². The van der Waals surface area contributed by atoms with E-state index in [9.17, 15) is 14.9 Å². The highest BCUT2D eigenvalue weighted by molar-refractivity contribution is 5.99. The van der Waals surface area contributed by atoms with Gasteiger partial charge in [0.25, 0.3) is 5.09 Å². The summed E-state index contributed by atoms with van der Waals surface area (Å²) in [7, 11) is 0. The van der Waals surface area contributed by atoms with Crippen LogP contribution in [0.5, 0.6) is 0 Å². The average molecular weight is 195 g/mol. The molecule has 0 aromatic heterocycles. The Morgan fingerprint density at radius 3 is 2.50 bits per heavy atom. The topological polar surface area (TPSA) is 69.4 Å². The number of hydrogen-bond acceptors (Lipinski definition) is 4. The van der Waals surface area contributed by atoms with Gasteiger partial charge in [0.15, 0.2) is 11.9 Å². The van der Waals surface area contributed by atoms with Gasteiger partial charge in [0, 0.05) is 5.56 Å². The summed E-state index contributed by atoms with van der Waals surface area (Å²) < 4.78 is 0. The third-order valence-electron chi connectivity index (χ3n) is 1.67. The summed E-state index contributed by atoms with van der Waals surface area (Å²) in [5.41, 5.74) is 0.404. The van der Waals surface area contributed by atoms with Gasteiger partial charge in [-0.2, -0.15) is 0 Å². The molecule has 0 heterocycles. The maximum absolute atomic E-state index is 11.5. The summed E-state index contributed by atoms with van der Waals surface area (Å²) in [4.78, 5) is 25.6. The molecule has 14 heavy (non-hydrogen) atoms. The van der Waals surface area contributed by atoms with Crippen molar-refractivity contribution in [1.29, 1.82) is 0 Å². The Bertz CT molecular complexity index is 336. The van der Waals surface area contributed by atoms with E-state index in [1.54, 1.807) is 30.3 Å². The number of carbonyl (C=O) groups excluding carboxylic acids is 1. The van der Waals surface area contributed by atoms with Crippen LogP contribution in [0.3, 0.4) is 0 Å². The van der Waals surface area contributed by atoms with E-state index in [0.29, 0.717) is 5.56 Å². The van der Waals surface area contributed by atoms with Crippen molar-refractivity contribution in [2.24, 2.45) is 0 Å². The summed E-state index contributed by atoms with van der Waals surface area (Å²) in [6.45, 7) is 1.35. The zero-order valence-corrected chi connectivity index (χ0v) is 7.54. The fourth-order valence-electron chi connectivity index (χ4n) is 1.01. The summed E-state index contributed by atoms with van der Waals surface area (Å²) >= 11 is 0. The molecule has 0 radical (unpaired) electrons. The third kappa shape index (κ3) is 2.55. The van der Waals surface area contributed by atoms with Crippen LogP contribution >= 0.6 is 0 Å². The molecule has 5 nitrogen and oxygen atoms in total. The smallest absolute Gasteiger partial charge is 0.295 e. The van der Waals surface area contributed by atoms with Gasteiger partial charge in [0.05, 0.1) is 0 Å². The van der Waals surface area contributed by atoms with Crippen molar-refractivity contribution in [2.75, 3.05) is 0 Å². The SMILES string of the molecule is C[C@H](O[N+](=O)[O-])C(=O)c1ccccc1. The van der Waals surface area contributed by atoms with Gasteiger partial charge in [-0.15, -0.1) is 10.1 Å². The summed E-state index contributed by atoms with van der Waals surface area (Å²) in [5, 5.41) is 9.01. The molecular formula is C9H9NO4. The molecule has 0 aliphatic heterocycles. The lowest BCUT2D eigenvalue weighted by molar-refractivity contribution is -0.763. The Morgan fingerprint density at radius 1 is 1.43 bits per heavy atom. The van der Waals surface area contributed by atoms with Crippen LogP contribution in [0.15, 0.2) is 30.3 Å². The quantitative estimate of drug-likeness (QED) is 0.414. The van der Waals surface area contributed by atoms with Gasteiger partial charge >= 0.3 is 0 Å². The van der Waals surface area contributed by atoms with Crippen LogP contribution in [0.4, 0.5) is 0 Å². The molecule has 0 saturated heterocycles. The van der Waals surface area contributed by atoms with Crippen LogP contribution in [-0.2, 0) is 4.84 Å². The Balaban J connectivity index is 2.71. The standard InChI is InChI=1S/C9H9NO4/c1-7(14-10(12)13)9(11)8-5-3-2-4-6-8/h2-7H,1H3/t7-/m0/s1. The van der Waals surface area contributed by atoms with Crippen molar-refractivity contribution in [1.82, 2.24) is 0 Å². The number of hydrogen-bond donors (Lipinski definition) is 0. The maximum atomic E-state index is 11.5. The Kier molecular flexibility index (Phi) is 3.17. The number of Topliss-reactive ketones (excluding diaryl/α,β-unsaturated/α-hetero) is 1. The summed E-state index contributed by atoms with van der Waals surface area (Å²) in [5.74, 6) is -0.401. The molecule has 1 rings (SSSR count). The number of rotatable bonds is 4. The van der Waals surface area contributed by atoms with E-state index in [1.165, 1.54) is 6.92 Å². The molecule has 0 amide bonds. The van der Waals surface area contributed by atoms with E-state index in [2.05, 4.69) is 4.84 Å². The number of carbonyl (C=O) groups is 1. The van der Waals surface area contributed by atoms with E-state index < -0.39 is 17.0 Å². The van der Waals surface area contributed by atoms with Crippen LogP contribution in [-0.4, -0.2) is 17.0 Å². The normalized spacial score (nSPS) is 11.8. The molecule has 0 aliphatic carbocycles. The first-order chi connectivity index (χ1) is 6.61. The lowest BCUT2D eigenvalue weighted by atomic mass is 10.1. The molecule has 74 valence electrons. The zero-order valence-electron chi connectivity index (χ0n) is 7.54. The second kappa shape index (κ2) is 4.36. The summed E-state index contributed by atoms with van der Waals surface area (Å²) in [6, 6.07) is 8.30. The van der Waals surface area contributed by atoms with E-state index in [1.807, 2.05) is 0 Å². The lowest BCUT2D eigenvalue weighted by Gasteiger charge is -2.07. The molecular weight excluding hydrogens is 186 g/mol. The average Bonchev–Trinajstić information content (AvgIpc) is 2.17. The van der Waals surface area contributed by atoms with E-state index in [0.717, 1.165) is 0 Å². The summed E-state index contributed by atoms with van der Waals surface area (Å²) in [6.07, 6.45) is -1.06. The molecule has 0 saturated carbocycles. The van der Waals surface area contributed by atoms with Crippen molar-refractivity contribution in [3.05, 3.63) is 46.0 Å². The maximum Gasteiger partial charge on any atom is 0.295 e. The van der Waals surface area contributed by atoms with Crippen LogP contribution in [0.1, 0.15) is 17.3 Å². The fraction of sp³-hybridized carbons (Fsp3) is 0.222. The minimum Gasteiger partial charge on any atom is -0.303 e. The van der Waals surface area contributed by atoms with Crippen LogP contribution in [0.25, 0.3) is 0 Å². The second-order valence-corrected chi connectivity index (χ2v) is 2.70. The number of benzene rings is 1. The molecule has 1 aromatic carbocycles. The molecule has 0 fully saturated rings. The minimum absolute atomic E-state index is 0.401. The number of nitrogens with zero attached hydrogens (tertiary/aromatic N) is 1. The van der Waals surface area contributed by atoms with Gasteiger partial charge in [0.1, 0.15) is 0 Å². The van der Waals surface area contributed by atoms with Gasteiger partial charge in [-0.05, 0) is 6.92 Å². The van der Waals surface area contributed by atoms with Crippen molar-refractivity contribution in [2.45, 2.75) is 13.0 Å². The molecule has 0 aliphatic rings. The van der Waals surface area contributed by atoms with Gasteiger partial charge < -0.3 is 4.84 Å². The van der Waals surface area contributed by atoms with Crippen molar-refractivity contribution in [3.8, 4) is 0 Å². The van der Waals surface area contributed by atoms with Crippen LogP contribution < -0.4 is 0 Å². The van der Waals surface area contributed by atoms with Gasteiger partial charge in [0.2, 0.25) is 0 Å². The highest BCUT2D eigenvalue weighted by atomic mass is 17.0. The monoisotopic (exact) mass is 195 g/mol. The first-order valence-electron chi connectivity index (χ1n) is 4.01. The van der Waals surface area contributed by atoms with E-state index in [-0.39, 0.29) is 0 Å².